The molecule has 4 nitrogen and oxygen atoms in total. The summed E-state index contributed by atoms with van der Waals surface area (Å²) in [4.78, 5) is 6.31. The highest BCUT2D eigenvalue weighted by Crippen LogP contribution is 2.26. The molecule has 0 bridgehead atoms. The van der Waals surface area contributed by atoms with E-state index in [1.54, 1.807) is 0 Å². The van der Waals surface area contributed by atoms with E-state index in [0.29, 0.717) is 19.1 Å². The van der Waals surface area contributed by atoms with E-state index in [9.17, 15) is 8.78 Å². The van der Waals surface area contributed by atoms with Crippen molar-refractivity contribution in [2.24, 2.45) is 0 Å². The van der Waals surface area contributed by atoms with Crippen molar-refractivity contribution in [2.75, 3.05) is 36.8 Å². The van der Waals surface area contributed by atoms with Crippen molar-refractivity contribution in [3.05, 3.63) is 17.7 Å². The third-order valence-corrected chi connectivity index (χ3v) is 3.43. The van der Waals surface area contributed by atoms with Gasteiger partial charge in [-0.3, -0.25) is 4.90 Å². The Hall–Kier alpha value is -1.43. The quantitative estimate of drug-likeness (QED) is 0.770. The minimum atomic E-state index is -0.664. The lowest BCUT2D eigenvalue weighted by Gasteiger charge is -2.20. The summed E-state index contributed by atoms with van der Waals surface area (Å²) in [5.74, 6) is -1.12. The minimum Gasteiger partial charge on any atom is -0.368 e. The molecule has 2 rings (SSSR count). The molecule has 0 radical (unpaired) electrons. The summed E-state index contributed by atoms with van der Waals surface area (Å²) in [6.07, 6.45) is 2.50. The van der Waals surface area contributed by atoms with Crippen molar-refractivity contribution >= 4 is 11.6 Å². The molecule has 2 N–H and O–H groups in total. The van der Waals surface area contributed by atoms with Crippen molar-refractivity contribution in [3.8, 4) is 0 Å². The Labute approximate surface area is 118 Å². The molecule has 0 unspecified atom stereocenters. The number of halogens is 2. The van der Waals surface area contributed by atoms with Gasteiger partial charge in [-0.25, -0.2) is 13.8 Å². The lowest BCUT2D eigenvalue weighted by molar-refractivity contribution is 0.289. The molecular weight excluding hydrogens is 262 g/mol. The van der Waals surface area contributed by atoms with Crippen LogP contribution in [0, 0.1) is 11.6 Å². The zero-order valence-corrected chi connectivity index (χ0v) is 12.0. The molecule has 112 valence electrons. The summed E-state index contributed by atoms with van der Waals surface area (Å²) in [7, 11) is 0. The Morgan fingerprint density at radius 1 is 1.20 bits per heavy atom. The second kappa shape index (κ2) is 6.83. The minimum absolute atomic E-state index is 0.0888. The third-order valence-electron chi connectivity index (χ3n) is 3.43. The predicted molar refractivity (Wildman–Crippen MR) is 77.1 cm³/mol. The first-order valence-corrected chi connectivity index (χ1v) is 7.23. The Morgan fingerprint density at radius 3 is 2.40 bits per heavy atom. The number of rotatable bonds is 8. The molecule has 0 spiro atoms. The van der Waals surface area contributed by atoms with Crippen LogP contribution in [0.1, 0.15) is 26.7 Å². The van der Waals surface area contributed by atoms with Crippen molar-refractivity contribution in [2.45, 2.75) is 32.7 Å². The molecule has 0 saturated heterocycles. The van der Waals surface area contributed by atoms with Gasteiger partial charge >= 0.3 is 0 Å². The summed E-state index contributed by atoms with van der Waals surface area (Å²) >= 11 is 0. The van der Waals surface area contributed by atoms with Crippen LogP contribution in [0.5, 0.6) is 0 Å². The smallest absolute Gasteiger partial charge is 0.168 e. The molecule has 0 aromatic carbocycles. The van der Waals surface area contributed by atoms with Crippen molar-refractivity contribution in [1.82, 2.24) is 9.88 Å². The van der Waals surface area contributed by atoms with Crippen LogP contribution in [0.25, 0.3) is 0 Å². The van der Waals surface area contributed by atoms with E-state index in [4.69, 9.17) is 0 Å². The van der Waals surface area contributed by atoms with E-state index in [1.807, 2.05) is 6.92 Å². The molecule has 20 heavy (non-hydrogen) atoms. The fourth-order valence-corrected chi connectivity index (χ4v) is 2.24. The fourth-order valence-electron chi connectivity index (χ4n) is 2.24. The Bertz CT molecular complexity index is 449. The maximum Gasteiger partial charge on any atom is 0.168 e. The van der Waals surface area contributed by atoms with Crippen LogP contribution < -0.4 is 10.6 Å². The summed E-state index contributed by atoms with van der Waals surface area (Å²) in [6.45, 7) is 6.95. The van der Waals surface area contributed by atoms with Gasteiger partial charge in [-0.2, -0.15) is 0 Å². The first-order chi connectivity index (χ1) is 9.65. The second-order valence-electron chi connectivity index (χ2n) is 4.97. The zero-order chi connectivity index (χ0) is 14.5. The number of nitrogens with zero attached hydrogens (tertiary/aromatic N) is 2. The van der Waals surface area contributed by atoms with E-state index in [2.05, 4.69) is 27.4 Å². The molecule has 0 atom stereocenters. The average molecular weight is 284 g/mol. The first kappa shape index (κ1) is 15.0. The highest BCUT2D eigenvalue weighted by Gasteiger charge is 2.27. The fraction of sp³-hybridized carbons (Fsp3) is 0.643. The molecule has 1 aliphatic rings. The molecule has 0 amide bonds. The van der Waals surface area contributed by atoms with Gasteiger partial charge in [0.2, 0.25) is 0 Å². The molecule has 1 heterocycles. The van der Waals surface area contributed by atoms with Gasteiger partial charge in [0.25, 0.3) is 0 Å². The number of anilines is 2. The molecular formula is C14H22F2N4. The SMILES string of the molecule is CCNc1nc(NCCN(CC)C2CC2)c(F)cc1F. The average Bonchev–Trinajstić information content (AvgIpc) is 3.24. The van der Waals surface area contributed by atoms with Gasteiger partial charge in [-0.1, -0.05) is 6.92 Å². The van der Waals surface area contributed by atoms with Gasteiger partial charge in [0.05, 0.1) is 0 Å². The normalized spacial score (nSPS) is 14.7. The lowest BCUT2D eigenvalue weighted by Crippen LogP contribution is -2.31. The standard InChI is InChI=1S/C14H22F2N4/c1-3-17-13-11(15)9-12(16)14(19-13)18-7-8-20(4-2)10-5-6-10/h9-10H,3-8H2,1-2H3,(H2,17,18,19). The van der Waals surface area contributed by atoms with Crippen LogP contribution in [0.2, 0.25) is 0 Å². The van der Waals surface area contributed by atoms with Crippen LogP contribution in [0.15, 0.2) is 6.07 Å². The number of pyridine rings is 1. The number of hydrogen-bond acceptors (Lipinski definition) is 4. The highest BCUT2D eigenvalue weighted by molar-refractivity contribution is 5.47. The van der Waals surface area contributed by atoms with Crippen molar-refractivity contribution < 1.29 is 8.78 Å². The van der Waals surface area contributed by atoms with Crippen LogP contribution in [-0.2, 0) is 0 Å². The maximum absolute atomic E-state index is 13.6. The summed E-state index contributed by atoms with van der Waals surface area (Å²) in [5.41, 5.74) is 0. The molecule has 1 aromatic heterocycles. The van der Waals surface area contributed by atoms with Gasteiger partial charge in [0.1, 0.15) is 0 Å². The monoisotopic (exact) mass is 284 g/mol. The van der Waals surface area contributed by atoms with Crippen molar-refractivity contribution in [3.63, 3.8) is 0 Å². The Balaban J connectivity index is 1.92. The predicted octanol–water partition coefficient (Wildman–Crippen LogP) is 2.69. The van der Waals surface area contributed by atoms with Crippen LogP contribution in [0.3, 0.4) is 0 Å². The van der Waals surface area contributed by atoms with Gasteiger partial charge in [-0.05, 0) is 26.3 Å². The number of nitrogens with one attached hydrogen (secondary N) is 2. The molecule has 1 saturated carbocycles. The van der Waals surface area contributed by atoms with Gasteiger partial charge in [0, 0.05) is 31.7 Å². The summed E-state index contributed by atoms with van der Waals surface area (Å²) in [5, 5.41) is 5.73. The van der Waals surface area contributed by atoms with Crippen LogP contribution in [-0.4, -0.2) is 42.1 Å². The third kappa shape index (κ3) is 3.79. The second-order valence-corrected chi connectivity index (χ2v) is 4.97. The summed E-state index contributed by atoms with van der Waals surface area (Å²) < 4.78 is 27.1. The van der Waals surface area contributed by atoms with E-state index >= 15 is 0 Å². The molecule has 1 aliphatic carbocycles. The van der Waals surface area contributed by atoms with Gasteiger partial charge in [0.15, 0.2) is 23.3 Å². The molecule has 1 aromatic rings. The van der Waals surface area contributed by atoms with Crippen LogP contribution >= 0.6 is 0 Å². The Morgan fingerprint density at radius 2 is 1.85 bits per heavy atom. The van der Waals surface area contributed by atoms with E-state index < -0.39 is 11.6 Å². The molecule has 1 fully saturated rings. The van der Waals surface area contributed by atoms with Gasteiger partial charge < -0.3 is 10.6 Å². The van der Waals surface area contributed by atoms with Gasteiger partial charge in [-0.15, -0.1) is 0 Å². The zero-order valence-electron chi connectivity index (χ0n) is 12.0. The maximum atomic E-state index is 13.6. The van der Waals surface area contributed by atoms with Crippen molar-refractivity contribution in [1.29, 1.82) is 0 Å². The largest absolute Gasteiger partial charge is 0.368 e. The number of hydrogen-bond donors (Lipinski definition) is 2. The lowest BCUT2D eigenvalue weighted by atomic mass is 10.3. The molecule has 0 aliphatic heterocycles. The topological polar surface area (TPSA) is 40.2 Å². The summed E-state index contributed by atoms with van der Waals surface area (Å²) in [6, 6.07) is 1.55. The number of aromatic nitrogens is 1. The van der Waals surface area contributed by atoms with Crippen LogP contribution in [0.4, 0.5) is 20.4 Å². The van der Waals surface area contributed by atoms with E-state index in [-0.39, 0.29) is 11.6 Å². The first-order valence-electron chi connectivity index (χ1n) is 7.23. The number of likely N-dealkylation sites (N-methyl/N-ethyl adjacent to an activating group) is 1. The van der Waals surface area contributed by atoms with E-state index in [1.165, 1.54) is 12.8 Å². The van der Waals surface area contributed by atoms with E-state index in [0.717, 1.165) is 19.2 Å². The highest BCUT2D eigenvalue weighted by atomic mass is 19.1. The Kier molecular flexibility index (Phi) is 5.11. The molecule has 6 heteroatoms.